The Labute approximate surface area is 79.3 Å². The Morgan fingerprint density at radius 2 is 2.15 bits per heavy atom. The summed E-state index contributed by atoms with van der Waals surface area (Å²) in [5, 5.41) is 11.3. The Kier molecular flexibility index (Phi) is 3.89. The zero-order valence-corrected chi connectivity index (χ0v) is 8.62. The van der Waals surface area contributed by atoms with Crippen LogP contribution in [0.4, 0.5) is 0 Å². The van der Waals surface area contributed by atoms with Gasteiger partial charge in [0.05, 0.1) is 5.69 Å². The van der Waals surface area contributed by atoms with E-state index in [4.69, 9.17) is 0 Å². The van der Waals surface area contributed by atoms with Gasteiger partial charge in [0.1, 0.15) is 0 Å². The lowest BCUT2D eigenvalue weighted by Crippen LogP contribution is -2.27. The van der Waals surface area contributed by atoms with E-state index in [1.165, 1.54) is 0 Å². The Hall–Kier alpha value is -0.900. The molecule has 1 rings (SSSR count). The topological polar surface area (TPSA) is 42.7 Å². The molecule has 0 aromatic carbocycles. The van der Waals surface area contributed by atoms with Gasteiger partial charge in [0.2, 0.25) is 0 Å². The summed E-state index contributed by atoms with van der Waals surface area (Å²) >= 11 is 0. The summed E-state index contributed by atoms with van der Waals surface area (Å²) in [6, 6.07) is 0.599. The van der Waals surface area contributed by atoms with E-state index in [0.29, 0.717) is 6.04 Å². The number of hydrogen-bond donors (Lipinski definition) is 1. The summed E-state index contributed by atoms with van der Waals surface area (Å²) in [7, 11) is 1.88. The number of nitrogens with one attached hydrogen (secondary N) is 1. The predicted molar refractivity (Wildman–Crippen MR) is 52.2 cm³/mol. The first kappa shape index (κ1) is 10.2. The van der Waals surface area contributed by atoms with Crippen LogP contribution in [0.2, 0.25) is 0 Å². The summed E-state index contributed by atoms with van der Waals surface area (Å²) in [4.78, 5) is 0. The zero-order chi connectivity index (χ0) is 9.68. The lowest BCUT2D eigenvalue weighted by Gasteiger charge is -2.12. The van der Waals surface area contributed by atoms with Gasteiger partial charge < -0.3 is 5.32 Å². The fourth-order valence-corrected chi connectivity index (χ4v) is 1.30. The summed E-state index contributed by atoms with van der Waals surface area (Å²) in [6.07, 6.45) is 4.27. The van der Waals surface area contributed by atoms with Crippen molar-refractivity contribution in [1.82, 2.24) is 20.3 Å². The molecule has 74 valence electrons. The molecule has 0 fully saturated rings. The van der Waals surface area contributed by atoms with E-state index in [1.807, 2.05) is 13.2 Å². The Bertz CT molecular complexity index is 240. The summed E-state index contributed by atoms with van der Waals surface area (Å²) < 4.78 is 1.73. The molecule has 0 saturated heterocycles. The molecule has 13 heavy (non-hydrogen) atoms. The SMILES string of the molecule is CCC(CC)NCc1cn(C)nn1. The lowest BCUT2D eigenvalue weighted by molar-refractivity contribution is 0.480. The van der Waals surface area contributed by atoms with Gasteiger partial charge in [-0.05, 0) is 12.8 Å². The smallest absolute Gasteiger partial charge is 0.0964 e. The monoisotopic (exact) mass is 182 g/mol. The van der Waals surface area contributed by atoms with E-state index in [-0.39, 0.29) is 0 Å². The van der Waals surface area contributed by atoms with Crippen LogP contribution in [0.5, 0.6) is 0 Å². The fourth-order valence-electron chi connectivity index (χ4n) is 1.30. The van der Waals surface area contributed by atoms with E-state index < -0.39 is 0 Å². The maximum atomic E-state index is 4.01. The van der Waals surface area contributed by atoms with Crippen molar-refractivity contribution >= 4 is 0 Å². The van der Waals surface area contributed by atoms with E-state index in [2.05, 4.69) is 29.5 Å². The van der Waals surface area contributed by atoms with Crippen molar-refractivity contribution in [3.8, 4) is 0 Å². The van der Waals surface area contributed by atoms with Crippen LogP contribution in [0.3, 0.4) is 0 Å². The van der Waals surface area contributed by atoms with Crippen molar-refractivity contribution in [1.29, 1.82) is 0 Å². The molecule has 1 aromatic rings. The first-order valence-electron chi connectivity index (χ1n) is 4.84. The molecule has 0 unspecified atom stereocenters. The van der Waals surface area contributed by atoms with Gasteiger partial charge in [-0.2, -0.15) is 0 Å². The maximum Gasteiger partial charge on any atom is 0.0964 e. The van der Waals surface area contributed by atoms with Crippen molar-refractivity contribution < 1.29 is 0 Å². The van der Waals surface area contributed by atoms with Crippen molar-refractivity contribution in [2.24, 2.45) is 7.05 Å². The average molecular weight is 182 g/mol. The van der Waals surface area contributed by atoms with Crippen molar-refractivity contribution in [2.75, 3.05) is 0 Å². The molecule has 0 amide bonds. The molecule has 1 aromatic heterocycles. The van der Waals surface area contributed by atoms with Crippen molar-refractivity contribution in [3.63, 3.8) is 0 Å². The number of aromatic nitrogens is 3. The van der Waals surface area contributed by atoms with Gasteiger partial charge in [-0.3, -0.25) is 4.68 Å². The van der Waals surface area contributed by atoms with Crippen LogP contribution in [-0.4, -0.2) is 21.0 Å². The Balaban J connectivity index is 2.33. The standard InChI is InChI=1S/C9H18N4/c1-4-8(5-2)10-6-9-7-13(3)12-11-9/h7-8,10H,4-6H2,1-3H3. The van der Waals surface area contributed by atoms with Gasteiger partial charge >= 0.3 is 0 Å². The van der Waals surface area contributed by atoms with Crippen LogP contribution in [0.15, 0.2) is 6.20 Å². The molecule has 4 nitrogen and oxygen atoms in total. The van der Waals surface area contributed by atoms with Gasteiger partial charge in [0, 0.05) is 25.8 Å². The first-order chi connectivity index (χ1) is 6.26. The van der Waals surface area contributed by atoms with E-state index in [1.54, 1.807) is 4.68 Å². The molecule has 0 radical (unpaired) electrons. The zero-order valence-electron chi connectivity index (χ0n) is 8.62. The van der Waals surface area contributed by atoms with Gasteiger partial charge in [-0.1, -0.05) is 19.1 Å². The summed E-state index contributed by atoms with van der Waals surface area (Å²) in [5.74, 6) is 0. The Morgan fingerprint density at radius 1 is 1.46 bits per heavy atom. The quantitative estimate of drug-likeness (QED) is 0.741. The van der Waals surface area contributed by atoms with Crippen molar-refractivity contribution in [3.05, 3.63) is 11.9 Å². The van der Waals surface area contributed by atoms with Gasteiger partial charge in [0.15, 0.2) is 0 Å². The second kappa shape index (κ2) is 4.97. The van der Waals surface area contributed by atoms with Crippen LogP contribution in [-0.2, 0) is 13.6 Å². The third kappa shape index (κ3) is 3.14. The molecule has 0 aliphatic heterocycles. The highest BCUT2D eigenvalue weighted by Crippen LogP contribution is 1.98. The number of aryl methyl sites for hydroxylation is 1. The molecule has 0 saturated carbocycles. The van der Waals surface area contributed by atoms with Crippen molar-refractivity contribution in [2.45, 2.75) is 39.3 Å². The van der Waals surface area contributed by atoms with Gasteiger partial charge in [-0.15, -0.1) is 5.10 Å². The molecule has 0 atom stereocenters. The minimum Gasteiger partial charge on any atom is -0.308 e. The lowest BCUT2D eigenvalue weighted by atomic mass is 10.2. The number of hydrogen-bond acceptors (Lipinski definition) is 3. The molecule has 0 bridgehead atoms. The summed E-state index contributed by atoms with van der Waals surface area (Å²) in [5.41, 5.74) is 1.01. The van der Waals surface area contributed by atoms with Crippen LogP contribution < -0.4 is 5.32 Å². The molecule has 1 heterocycles. The predicted octanol–water partition coefficient (Wildman–Crippen LogP) is 1.09. The molecular formula is C9H18N4. The molecule has 4 heteroatoms. The molecular weight excluding hydrogens is 164 g/mol. The van der Waals surface area contributed by atoms with Gasteiger partial charge in [0.25, 0.3) is 0 Å². The Morgan fingerprint density at radius 3 is 2.62 bits per heavy atom. The van der Waals surface area contributed by atoms with Crippen LogP contribution >= 0.6 is 0 Å². The van der Waals surface area contributed by atoms with E-state index in [9.17, 15) is 0 Å². The van der Waals surface area contributed by atoms with E-state index in [0.717, 1.165) is 25.1 Å². The largest absolute Gasteiger partial charge is 0.308 e. The molecule has 0 aliphatic carbocycles. The fraction of sp³-hybridized carbons (Fsp3) is 0.778. The van der Waals surface area contributed by atoms with Gasteiger partial charge in [-0.25, -0.2) is 0 Å². The summed E-state index contributed by atoms with van der Waals surface area (Å²) in [6.45, 7) is 5.20. The highest BCUT2D eigenvalue weighted by Gasteiger charge is 2.03. The highest BCUT2D eigenvalue weighted by atomic mass is 15.4. The molecule has 0 aliphatic rings. The second-order valence-corrected chi connectivity index (χ2v) is 3.28. The average Bonchev–Trinajstić information content (AvgIpc) is 2.53. The normalized spacial score (nSPS) is 11.1. The van der Waals surface area contributed by atoms with Crippen LogP contribution in [0.25, 0.3) is 0 Å². The minimum absolute atomic E-state index is 0.599. The maximum absolute atomic E-state index is 4.01. The third-order valence-electron chi connectivity index (χ3n) is 2.21. The second-order valence-electron chi connectivity index (χ2n) is 3.28. The van der Waals surface area contributed by atoms with E-state index >= 15 is 0 Å². The minimum atomic E-state index is 0.599. The van der Waals surface area contributed by atoms with Crippen LogP contribution in [0.1, 0.15) is 32.4 Å². The highest BCUT2D eigenvalue weighted by molar-refractivity contribution is 4.91. The third-order valence-corrected chi connectivity index (χ3v) is 2.21. The number of rotatable bonds is 5. The molecule has 1 N–H and O–H groups in total. The first-order valence-corrected chi connectivity index (χ1v) is 4.84. The van der Waals surface area contributed by atoms with Crippen LogP contribution in [0, 0.1) is 0 Å². The number of nitrogens with zero attached hydrogens (tertiary/aromatic N) is 3. The molecule has 0 spiro atoms.